The third kappa shape index (κ3) is 3.10. The predicted molar refractivity (Wildman–Crippen MR) is 91.4 cm³/mol. The van der Waals surface area contributed by atoms with Gasteiger partial charge in [0, 0.05) is 23.6 Å². The second-order valence-corrected chi connectivity index (χ2v) is 6.38. The van der Waals surface area contributed by atoms with Crippen LogP contribution in [0.25, 0.3) is 16.5 Å². The second-order valence-electron chi connectivity index (χ2n) is 5.50. The number of halogens is 3. The Morgan fingerprint density at radius 3 is 2.54 bits per heavy atom. The van der Waals surface area contributed by atoms with Gasteiger partial charge in [0.05, 0.1) is 16.0 Å². The summed E-state index contributed by atoms with van der Waals surface area (Å²) in [4.78, 5) is 13.5. The summed E-state index contributed by atoms with van der Waals surface area (Å²) < 4.78 is 39.6. The van der Waals surface area contributed by atoms with Crippen LogP contribution in [0, 0.1) is 6.92 Å². The molecule has 0 aliphatic heterocycles. The fraction of sp³-hybridized carbons (Fsp3) is 0.125. The molecule has 0 atom stereocenters. The fourth-order valence-electron chi connectivity index (χ4n) is 2.40. The minimum absolute atomic E-state index is 0.391. The van der Waals surface area contributed by atoms with E-state index in [-0.39, 0.29) is 0 Å². The number of nitrogens with zero attached hydrogens (tertiary/aromatic N) is 5. The van der Waals surface area contributed by atoms with Gasteiger partial charge in [0.15, 0.2) is 5.82 Å². The summed E-state index contributed by atoms with van der Waals surface area (Å²) in [6.07, 6.45) is -2.70. The molecule has 1 N–H and O–H groups in total. The maximum atomic E-state index is 12.7. The Kier molecular flexibility index (Phi) is 3.83. The van der Waals surface area contributed by atoms with Crippen LogP contribution < -0.4 is 5.32 Å². The van der Waals surface area contributed by atoms with E-state index in [2.05, 4.69) is 25.4 Å². The van der Waals surface area contributed by atoms with Crippen LogP contribution in [0.3, 0.4) is 0 Å². The normalized spacial score (nSPS) is 11.8. The van der Waals surface area contributed by atoms with Gasteiger partial charge in [0.25, 0.3) is 5.78 Å². The van der Waals surface area contributed by atoms with Gasteiger partial charge < -0.3 is 5.32 Å². The van der Waals surface area contributed by atoms with Gasteiger partial charge >= 0.3 is 6.18 Å². The molecular weight excluding hydrogens is 365 g/mol. The van der Waals surface area contributed by atoms with Crippen molar-refractivity contribution in [2.24, 2.45) is 0 Å². The van der Waals surface area contributed by atoms with E-state index in [1.807, 2.05) is 0 Å². The van der Waals surface area contributed by atoms with Gasteiger partial charge in [0.1, 0.15) is 5.82 Å². The highest BCUT2D eigenvalue weighted by Gasteiger charge is 2.29. The topological polar surface area (TPSA) is 68.0 Å². The highest BCUT2D eigenvalue weighted by atomic mass is 32.1. The summed E-state index contributed by atoms with van der Waals surface area (Å²) in [5, 5.41) is 7.49. The molecule has 0 unspecified atom stereocenters. The van der Waals surface area contributed by atoms with Gasteiger partial charge in [0.2, 0.25) is 0 Å². The van der Waals surface area contributed by atoms with Gasteiger partial charge in [-0.25, -0.2) is 4.98 Å². The van der Waals surface area contributed by atoms with Crippen molar-refractivity contribution in [1.29, 1.82) is 0 Å². The molecule has 1 aromatic carbocycles. The van der Waals surface area contributed by atoms with Crippen LogP contribution in [0.4, 0.5) is 24.7 Å². The van der Waals surface area contributed by atoms with Crippen molar-refractivity contribution in [2.45, 2.75) is 13.1 Å². The van der Waals surface area contributed by atoms with Gasteiger partial charge in [-0.05, 0) is 31.2 Å². The lowest BCUT2D eigenvalue weighted by molar-refractivity contribution is -0.137. The summed E-state index contributed by atoms with van der Waals surface area (Å²) >= 11 is 1.40. The molecular formula is C16H11F3N6S. The van der Waals surface area contributed by atoms with Crippen molar-refractivity contribution in [3.8, 4) is 10.7 Å². The molecule has 0 amide bonds. The molecule has 0 bridgehead atoms. The van der Waals surface area contributed by atoms with Crippen LogP contribution in [0.2, 0.25) is 0 Å². The molecule has 3 aromatic heterocycles. The number of aromatic nitrogens is 5. The first-order chi connectivity index (χ1) is 12.4. The molecule has 3 heterocycles. The largest absolute Gasteiger partial charge is 0.416 e. The molecule has 4 aromatic rings. The third-order valence-corrected chi connectivity index (χ3v) is 4.35. The van der Waals surface area contributed by atoms with E-state index < -0.39 is 11.7 Å². The molecule has 26 heavy (non-hydrogen) atoms. The number of hydrogen-bond acceptors (Lipinski definition) is 6. The number of rotatable bonds is 3. The number of nitrogens with one attached hydrogen (secondary N) is 1. The maximum absolute atomic E-state index is 12.7. The minimum Gasteiger partial charge on any atom is -0.340 e. The van der Waals surface area contributed by atoms with Gasteiger partial charge in [-0.2, -0.15) is 22.7 Å². The van der Waals surface area contributed by atoms with Gasteiger partial charge in [-0.3, -0.25) is 4.98 Å². The van der Waals surface area contributed by atoms with Crippen molar-refractivity contribution in [2.75, 3.05) is 5.32 Å². The Morgan fingerprint density at radius 1 is 1.12 bits per heavy atom. The zero-order chi connectivity index (χ0) is 18.3. The lowest BCUT2D eigenvalue weighted by Crippen LogP contribution is -2.05. The first-order valence-electron chi connectivity index (χ1n) is 7.48. The Balaban J connectivity index is 1.72. The lowest BCUT2D eigenvalue weighted by atomic mass is 10.2. The Morgan fingerprint density at radius 2 is 1.88 bits per heavy atom. The first kappa shape index (κ1) is 16.5. The summed E-state index contributed by atoms with van der Waals surface area (Å²) in [5.74, 6) is 1.43. The number of alkyl halides is 3. The number of anilines is 2. The Bertz CT molecular complexity index is 1050. The second kappa shape index (κ2) is 6.06. The molecule has 0 saturated carbocycles. The van der Waals surface area contributed by atoms with Crippen LogP contribution in [0.1, 0.15) is 11.3 Å². The number of thiazole rings is 1. The van der Waals surface area contributed by atoms with Crippen molar-refractivity contribution < 1.29 is 13.2 Å². The average molecular weight is 376 g/mol. The smallest absolute Gasteiger partial charge is 0.340 e. The van der Waals surface area contributed by atoms with Crippen LogP contribution in [-0.4, -0.2) is 24.6 Å². The Hall–Kier alpha value is -3.01. The molecule has 0 fully saturated rings. The molecule has 0 spiro atoms. The molecule has 0 aliphatic carbocycles. The summed E-state index contributed by atoms with van der Waals surface area (Å²) in [5.41, 5.74) is 2.18. The lowest BCUT2D eigenvalue weighted by Gasteiger charge is -2.10. The average Bonchev–Trinajstić information content (AvgIpc) is 3.23. The molecule has 0 saturated heterocycles. The summed E-state index contributed by atoms with van der Waals surface area (Å²) in [7, 11) is 0. The van der Waals surface area contributed by atoms with E-state index in [9.17, 15) is 13.2 Å². The monoisotopic (exact) mass is 376 g/mol. The van der Waals surface area contributed by atoms with E-state index in [0.717, 1.165) is 17.0 Å². The quantitative estimate of drug-likeness (QED) is 0.577. The highest BCUT2D eigenvalue weighted by Crippen LogP contribution is 2.30. The molecule has 0 radical (unpaired) electrons. The number of fused-ring (bicyclic) bond motifs is 1. The zero-order valence-corrected chi connectivity index (χ0v) is 14.1. The van der Waals surface area contributed by atoms with Crippen LogP contribution in [-0.2, 0) is 6.18 Å². The predicted octanol–water partition coefficient (Wildman–Crippen LogP) is 4.32. The molecule has 4 rings (SSSR count). The number of hydrogen-bond donors (Lipinski definition) is 1. The number of aryl methyl sites for hydroxylation is 1. The van der Waals surface area contributed by atoms with Crippen molar-refractivity contribution >= 4 is 28.6 Å². The molecule has 0 aliphatic rings. The highest BCUT2D eigenvalue weighted by molar-refractivity contribution is 7.13. The van der Waals surface area contributed by atoms with E-state index in [4.69, 9.17) is 0 Å². The standard InChI is InChI=1S/C16H11F3N6S/c1-9-6-13(22-11-4-2-10(3-5-11)16(17,18)19)25-15(21-9)23-14(24-25)12-7-20-8-26-12/h2-8,22H,1H3. The molecule has 132 valence electrons. The van der Waals surface area contributed by atoms with Crippen molar-refractivity contribution in [3.05, 3.63) is 53.3 Å². The van der Waals surface area contributed by atoms with Crippen LogP contribution in [0.5, 0.6) is 0 Å². The first-order valence-corrected chi connectivity index (χ1v) is 8.36. The SMILES string of the molecule is Cc1cc(Nc2ccc(C(F)(F)F)cc2)n2nc(-c3cncs3)nc2n1. The third-order valence-electron chi connectivity index (χ3n) is 3.58. The van der Waals surface area contributed by atoms with Crippen LogP contribution in [0.15, 0.2) is 42.0 Å². The Labute approximate surface area is 149 Å². The summed E-state index contributed by atoms with van der Waals surface area (Å²) in [6.45, 7) is 1.80. The van der Waals surface area contributed by atoms with Gasteiger partial charge in [-0.15, -0.1) is 16.4 Å². The minimum atomic E-state index is -4.37. The van der Waals surface area contributed by atoms with Crippen molar-refractivity contribution in [1.82, 2.24) is 24.6 Å². The molecule has 6 nitrogen and oxygen atoms in total. The van der Waals surface area contributed by atoms with E-state index in [0.29, 0.717) is 28.8 Å². The molecule has 10 heteroatoms. The zero-order valence-electron chi connectivity index (χ0n) is 13.3. The summed E-state index contributed by atoms with van der Waals surface area (Å²) in [6, 6.07) is 6.53. The number of benzene rings is 1. The van der Waals surface area contributed by atoms with Gasteiger partial charge in [-0.1, -0.05) is 0 Å². The van der Waals surface area contributed by atoms with E-state index in [1.54, 1.807) is 24.7 Å². The maximum Gasteiger partial charge on any atom is 0.416 e. The fourth-order valence-corrected chi connectivity index (χ4v) is 2.95. The van der Waals surface area contributed by atoms with E-state index in [1.165, 1.54) is 28.0 Å². The van der Waals surface area contributed by atoms with Crippen molar-refractivity contribution in [3.63, 3.8) is 0 Å². The van der Waals surface area contributed by atoms with E-state index >= 15 is 0 Å². The van der Waals surface area contributed by atoms with Crippen LogP contribution >= 0.6 is 11.3 Å².